The number of aliphatic hydroxyl groups is 1. The molecule has 4 nitrogen and oxygen atoms in total. The van der Waals surface area contributed by atoms with Gasteiger partial charge in [-0.1, -0.05) is 32.9 Å². The predicted octanol–water partition coefficient (Wildman–Crippen LogP) is 2.92. The molecule has 2 rings (SSSR count). The smallest absolute Gasteiger partial charge is 0.121 e. The van der Waals surface area contributed by atoms with E-state index in [9.17, 15) is 5.11 Å². The Labute approximate surface area is 147 Å². The number of methoxy groups -OCH3 is 1. The van der Waals surface area contributed by atoms with E-state index in [2.05, 4.69) is 55.7 Å². The maximum Gasteiger partial charge on any atom is 0.121 e. The van der Waals surface area contributed by atoms with E-state index < -0.39 is 0 Å². The van der Waals surface area contributed by atoms with Gasteiger partial charge in [-0.3, -0.25) is 9.80 Å². The second kappa shape index (κ2) is 8.32. The molecular formula is C20H34N2O2. The Morgan fingerprint density at radius 2 is 2.00 bits per heavy atom. The molecule has 1 N–H and O–H groups in total. The number of hydrogen-bond donors (Lipinski definition) is 1. The lowest BCUT2D eigenvalue weighted by atomic mass is 9.94. The normalized spacial score (nSPS) is 20.3. The van der Waals surface area contributed by atoms with Crippen LogP contribution in [-0.2, 0) is 6.54 Å². The minimum atomic E-state index is 0.265. The van der Waals surface area contributed by atoms with Gasteiger partial charge in [-0.2, -0.15) is 0 Å². The van der Waals surface area contributed by atoms with Crippen LogP contribution in [0.2, 0.25) is 0 Å². The van der Waals surface area contributed by atoms with Gasteiger partial charge in [-0.25, -0.2) is 0 Å². The summed E-state index contributed by atoms with van der Waals surface area (Å²) >= 11 is 0. The van der Waals surface area contributed by atoms with Crippen molar-refractivity contribution in [1.29, 1.82) is 0 Å². The summed E-state index contributed by atoms with van der Waals surface area (Å²) in [5.74, 6) is 0.951. The molecule has 0 aliphatic carbocycles. The van der Waals surface area contributed by atoms with Gasteiger partial charge < -0.3 is 9.84 Å². The number of piperazine rings is 1. The molecular weight excluding hydrogens is 300 g/mol. The topological polar surface area (TPSA) is 35.9 Å². The van der Waals surface area contributed by atoms with Crippen LogP contribution >= 0.6 is 0 Å². The minimum absolute atomic E-state index is 0.265. The minimum Gasteiger partial charge on any atom is -0.496 e. The summed E-state index contributed by atoms with van der Waals surface area (Å²) < 4.78 is 5.35. The van der Waals surface area contributed by atoms with Crippen LogP contribution in [0.1, 0.15) is 38.3 Å². The van der Waals surface area contributed by atoms with Gasteiger partial charge in [0.1, 0.15) is 5.75 Å². The van der Waals surface area contributed by atoms with Gasteiger partial charge in [0, 0.05) is 45.4 Å². The third kappa shape index (κ3) is 5.47. The maximum absolute atomic E-state index is 9.45. The first kappa shape index (κ1) is 19.2. The highest BCUT2D eigenvalue weighted by Crippen LogP contribution is 2.23. The lowest BCUT2D eigenvalue weighted by molar-refractivity contribution is 0.0340. The first-order valence-corrected chi connectivity index (χ1v) is 9.03. The van der Waals surface area contributed by atoms with Gasteiger partial charge in [-0.05, 0) is 36.0 Å². The molecule has 1 fully saturated rings. The first-order chi connectivity index (χ1) is 11.3. The predicted molar refractivity (Wildman–Crippen MR) is 99.5 cm³/mol. The Bertz CT molecular complexity index is 525. The third-order valence-corrected chi connectivity index (χ3v) is 4.69. The van der Waals surface area contributed by atoms with Crippen LogP contribution in [0.25, 0.3) is 0 Å². The molecule has 1 saturated heterocycles. The largest absolute Gasteiger partial charge is 0.496 e. The highest BCUT2D eigenvalue weighted by molar-refractivity contribution is 5.36. The monoisotopic (exact) mass is 334 g/mol. The number of benzene rings is 1. The van der Waals surface area contributed by atoms with Crippen LogP contribution in [-0.4, -0.2) is 60.8 Å². The van der Waals surface area contributed by atoms with Gasteiger partial charge in [0.15, 0.2) is 0 Å². The average molecular weight is 335 g/mol. The van der Waals surface area contributed by atoms with Crippen molar-refractivity contribution in [2.24, 2.45) is 5.41 Å². The second-order valence-electron chi connectivity index (χ2n) is 8.24. The number of aliphatic hydroxyl groups excluding tert-OH is 1. The summed E-state index contributed by atoms with van der Waals surface area (Å²) in [4.78, 5) is 5.08. The summed E-state index contributed by atoms with van der Waals surface area (Å²) in [6.07, 6.45) is 0.855. The number of ether oxygens (including phenoxy) is 1. The molecule has 0 unspecified atom stereocenters. The fourth-order valence-electron chi connectivity index (χ4n) is 3.64. The fraction of sp³-hybridized carbons (Fsp3) is 0.700. The van der Waals surface area contributed by atoms with Crippen molar-refractivity contribution in [2.75, 3.05) is 39.9 Å². The van der Waals surface area contributed by atoms with E-state index in [0.29, 0.717) is 11.5 Å². The van der Waals surface area contributed by atoms with Crippen LogP contribution in [0.15, 0.2) is 18.2 Å². The van der Waals surface area contributed by atoms with Crippen molar-refractivity contribution in [1.82, 2.24) is 9.80 Å². The van der Waals surface area contributed by atoms with Gasteiger partial charge in [0.05, 0.1) is 7.11 Å². The molecule has 0 spiro atoms. The van der Waals surface area contributed by atoms with E-state index in [4.69, 9.17) is 4.74 Å². The molecule has 136 valence electrons. The maximum atomic E-state index is 9.45. The standard InChI is InChI=1S/C20H34N2O2/c1-16-12-17(6-7-19(16)24-5)13-21-9-10-22(15-20(2,3)4)18(14-21)8-11-23/h6-7,12,18,23H,8-11,13-15H2,1-5H3/t18-/m1/s1. The van der Waals surface area contributed by atoms with Gasteiger partial charge >= 0.3 is 0 Å². The number of hydrogen-bond acceptors (Lipinski definition) is 4. The number of nitrogens with zero attached hydrogens (tertiary/aromatic N) is 2. The highest BCUT2D eigenvalue weighted by Gasteiger charge is 2.29. The van der Waals surface area contributed by atoms with Crippen LogP contribution in [0.5, 0.6) is 5.75 Å². The van der Waals surface area contributed by atoms with E-state index in [-0.39, 0.29) is 6.61 Å². The highest BCUT2D eigenvalue weighted by atomic mass is 16.5. The van der Waals surface area contributed by atoms with Gasteiger partial charge in [0.25, 0.3) is 0 Å². The molecule has 1 heterocycles. The van der Waals surface area contributed by atoms with Crippen LogP contribution in [0, 0.1) is 12.3 Å². The van der Waals surface area contributed by atoms with Crippen molar-refractivity contribution in [2.45, 2.75) is 46.7 Å². The molecule has 1 aliphatic rings. The second-order valence-corrected chi connectivity index (χ2v) is 8.24. The van der Waals surface area contributed by atoms with Crippen LogP contribution in [0.4, 0.5) is 0 Å². The zero-order valence-corrected chi connectivity index (χ0v) is 16.0. The van der Waals surface area contributed by atoms with Crippen molar-refractivity contribution in [3.05, 3.63) is 29.3 Å². The summed E-state index contributed by atoms with van der Waals surface area (Å²) in [6, 6.07) is 6.89. The van der Waals surface area contributed by atoms with Gasteiger partial charge in [0.2, 0.25) is 0 Å². The molecule has 0 aromatic heterocycles. The lowest BCUT2D eigenvalue weighted by Gasteiger charge is -2.44. The molecule has 24 heavy (non-hydrogen) atoms. The molecule has 1 aromatic carbocycles. The van der Waals surface area contributed by atoms with E-state index in [1.165, 1.54) is 11.1 Å². The van der Waals surface area contributed by atoms with Crippen molar-refractivity contribution >= 4 is 0 Å². The Balaban J connectivity index is 1.99. The van der Waals surface area contributed by atoms with E-state index >= 15 is 0 Å². The fourth-order valence-corrected chi connectivity index (χ4v) is 3.64. The van der Waals surface area contributed by atoms with E-state index in [1.807, 2.05) is 0 Å². The Kier molecular flexibility index (Phi) is 6.67. The number of rotatable bonds is 6. The average Bonchev–Trinajstić information content (AvgIpc) is 2.49. The molecule has 1 aliphatic heterocycles. The third-order valence-electron chi connectivity index (χ3n) is 4.69. The summed E-state index contributed by atoms with van der Waals surface area (Å²) in [5, 5.41) is 9.45. The van der Waals surface area contributed by atoms with Crippen molar-refractivity contribution in [3.63, 3.8) is 0 Å². The van der Waals surface area contributed by atoms with E-state index in [0.717, 1.165) is 44.9 Å². The first-order valence-electron chi connectivity index (χ1n) is 9.03. The SMILES string of the molecule is COc1ccc(CN2CCN(CC(C)(C)C)[C@H](CCO)C2)cc1C. The summed E-state index contributed by atoms with van der Waals surface area (Å²) in [5.41, 5.74) is 2.82. The van der Waals surface area contributed by atoms with Crippen molar-refractivity contribution in [3.8, 4) is 5.75 Å². The quantitative estimate of drug-likeness (QED) is 0.868. The van der Waals surface area contributed by atoms with Gasteiger partial charge in [-0.15, -0.1) is 0 Å². The molecule has 0 saturated carbocycles. The number of aryl methyl sites for hydroxylation is 1. The van der Waals surface area contributed by atoms with Crippen molar-refractivity contribution < 1.29 is 9.84 Å². The Hall–Kier alpha value is -1.10. The Morgan fingerprint density at radius 1 is 1.25 bits per heavy atom. The van der Waals surface area contributed by atoms with Crippen LogP contribution < -0.4 is 4.74 Å². The lowest BCUT2D eigenvalue weighted by Crippen LogP contribution is -2.54. The molecule has 0 bridgehead atoms. The molecule has 0 amide bonds. The summed E-state index contributed by atoms with van der Waals surface area (Å²) in [7, 11) is 1.72. The van der Waals surface area contributed by atoms with Crippen LogP contribution in [0.3, 0.4) is 0 Å². The van der Waals surface area contributed by atoms with E-state index in [1.54, 1.807) is 7.11 Å². The molecule has 0 radical (unpaired) electrons. The zero-order valence-electron chi connectivity index (χ0n) is 16.0. The summed E-state index contributed by atoms with van der Waals surface area (Å²) in [6.45, 7) is 14.5. The molecule has 4 heteroatoms. The molecule has 1 aromatic rings. The Morgan fingerprint density at radius 3 is 2.58 bits per heavy atom. The molecule has 1 atom stereocenters. The zero-order chi connectivity index (χ0) is 17.7.